The number of carboxylic acids is 1. The zero-order chi connectivity index (χ0) is 34.5. The molecule has 0 saturated carbocycles. The van der Waals surface area contributed by atoms with Gasteiger partial charge in [-0.25, -0.2) is 14.0 Å². The zero-order valence-corrected chi connectivity index (χ0v) is 26.5. The molecule has 1 aliphatic heterocycles. The van der Waals surface area contributed by atoms with Crippen molar-refractivity contribution in [2.75, 3.05) is 37.4 Å². The lowest BCUT2D eigenvalue weighted by Gasteiger charge is -2.38. The summed E-state index contributed by atoms with van der Waals surface area (Å²) in [5.74, 6) is -3.54. The minimum atomic E-state index is -5.08. The van der Waals surface area contributed by atoms with Gasteiger partial charge in [0.2, 0.25) is 5.91 Å². The van der Waals surface area contributed by atoms with Crippen molar-refractivity contribution in [2.24, 2.45) is 5.92 Å². The van der Waals surface area contributed by atoms with E-state index < -0.39 is 30.0 Å². The Morgan fingerprint density at radius 2 is 1.74 bits per heavy atom. The molecule has 4 aromatic rings. The average Bonchev–Trinajstić information content (AvgIpc) is 3.43. The van der Waals surface area contributed by atoms with Gasteiger partial charge in [-0.2, -0.15) is 13.2 Å². The van der Waals surface area contributed by atoms with Crippen molar-refractivity contribution >= 4 is 51.8 Å². The van der Waals surface area contributed by atoms with Crippen molar-refractivity contribution in [3.05, 3.63) is 94.9 Å². The lowest BCUT2D eigenvalue weighted by molar-refractivity contribution is -0.192. The fourth-order valence-corrected chi connectivity index (χ4v) is 5.82. The number of nitrogens with one attached hydrogen (secondary N) is 3. The van der Waals surface area contributed by atoms with Crippen LogP contribution in [0.25, 0.3) is 10.9 Å². The van der Waals surface area contributed by atoms with Crippen LogP contribution in [0.1, 0.15) is 24.0 Å². The Kier molecular flexibility index (Phi) is 11.1. The summed E-state index contributed by atoms with van der Waals surface area (Å²) in [7, 11) is 4.03. The Hall–Kier alpha value is -4.62. The molecule has 3 aromatic carbocycles. The average molecular weight is 676 g/mol. The van der Waals surface area contributed by atoms with E-state index in [9.17, 15) is 27.2 Å². The van der Waals surface area contributed by atoms with Crippen LogP contribution < -0.4 is 15.5 Å². The number of carbonyl (C=O) groups is 3. The highest BCUT2D eigenvalue weighted by molar-refractivity contribution is 6.30. The number of rotatable bonds is 7. The third kappa shape index (κ3) is 9.01. The van der Waals surface area contributed by atoms with E-state index in [0.29, 0.717) is 17.3 Å². The van der Waals surface area contributed by atoms with Crippen LogP contribution in [0.4, 0.5) is 33.7 Å². The van der Waals surface area contributed by atoms with Gasteiger partial charge in [0.15, 0.2) is 0 Å². The van der Waals surface area contributed by atoms with Crippen LogP contribution in [0.2, 0.25) is 5.02 Å². The van der Waals surface area contributed by atoms with E-state index in [-0.39, 0.29) is 17.7 Å². The van der Waals surface area contributed by atoms with Gasteiger partial charge in [0.05, 0.1) is 0 Å². The summed E-state index contributed by atoms with van der Waals surface area (Å²) in [6, 6.07) is 17.5. The van der Waals surface area contributed by atoms with Crippen LogP contribution >= 0.6 is 11.6 Å². The number of aliphatic carboxylic acids is 1. The molecule has 3 amide bonds. The summed E-state index contributed by atoms with van der Waals surface area (Å²) >= 11 is 6.34. The summed E-state index contributed by atoms with van der Waals surface area (Å²) in [5.41, 5.74) is 4.12. The molecule has 0 spiro atoms. The summed E-state index contributed by atoms with van der Waals surface area (Å²) in [6.07, 6.45) is -2.38. The number of nitrogens with zero attached hydrogens (tertiary/aromatic N) is 2. The quantitative estimate of drug-likeness (QED) is 0.164. The van der Waals surface area contributed by atoms with E-state index in [0.717, 1.165) is 40.7 Å². The molecule has 14 heteroatoms. The van der Waals surface area contributed by atoms with E-state index in [4.69, 9.17) is 21.5 Å². The van der Waals surface area contributed by atoms with Gasteiger partial charge < -0.3 is 30.5 Å². The van der Waals surface area contributed by atoms with Gasteiger partial charge in [-0.05, 0) is 86.1 Å². The number of carbonyl (C=O) groups excluding carboxylic acids is 2. The Labute approximate surface area is 273 Å². The van der Waals surface area contributed by atoms with Gasteiger partial charge in [-0.3, -0.25) is 4.79 Å². The number of aromatic amines is 1. The molecule has 0 saturated heterocycles. The smallest absolute Gasteiger partial charge is 0.475 e. The fraction of sp³-hybridized carbons (Fsp3) is 0.303. The van der Waals surface area contributed by atoms with E-state index in [2.05, 4.69) is 20.5 Å². The second-order valence-electron chi connectivity index (χ2n) is 11.5. The third-order valence-electron chi connectivity index (χ3n) is 7.68. The number of urea groups is 1. The molecule has 5 rings (SSSR count). The second kappa shape index (κ2) is 14.9. The van der Waals surface area contributed by atoms with Crippen LogP contribution in [-0.4, -0.2) is 72.3 Å². The normalized spacial score (nSPS) is 15.7. The largest absolute Gasteiger partial charge is 0.490 e. The van der Waals surface area contributed by atoms with Crippen molar-refractivity contribution < 1.29 is 37.1 Å². The van der Waals surface area contributed by atoms with Crippen LogP contribution in [0.5, 0.6) is 0 Å². The Morgan fingerprint density at radius 1 is 1.09 bits per heavy atom. The van der Waals surface area contributed by atoms with Crippen molar-refractivity contribution in [3.63, 3.8) is 0 Å². The molecule has 0 aliphatic carbocycles. The Morgan fingerprint density at radius 3 is 2.38 bits per heavy atom. The number of H-pyrrole nitrogens is 1. The minimum Gasteiger partial charge on any atom is -0.475 e. The first-order valence-electron chi connectivity index (χ1n) is 14.6. The molecule has 2 heterocycles. The number of aromatic nitrogens is 1. The molecular weight excluding hydrogens is 642 g/mol. The maximum Gasteiger partial charge on any atom is 0.490 e. The molecule has 0 fully saturated rings. The molecule has 9 nitrogen and oxygen atoms in total. The number of benzene rings is 3. The highest BCUT2D eigenvalue weighted by Gasteiger charge is 2.39. The molecule has 1 aromatic heterocycles. The number of fused-ring (bicyclic) bond motifs is 2. The van der Waals surface area contributed by atoms with Gasteiger partial charge in [-0.1, -0.05) is 36.7 Å². The second-order valence-corrected chi connectivity index (χ2v) is 12.0. The topological polar surface area (TPSA) is 118 Å². The number of hydrogen-bond donors (Lipinski definition) is 4. The van der Waals surface area contributed by atoms with Crippen LogP contribution in [0.3, 0.4) is 0 Å². The van der Waals surface area contributed by atoms with E-state index in [1.54, 1.807) is 11.0 Å². The number of halogens is 5. The first-order chi connectivity index (χ1) is 22.1. The van der Waals surface area contributed by atoms with Crippen LogP contribution in [0.15, 0.2) is 72.9 Å². The minimum absolute atomic E-state index is 0.196. The summed E-state index contributed by atoms with van der Waals surface area (Å²) in [4.78, 5) is 43.8. The predicted octanol–water partition coefficient (Wildman–Crippen LogP) is 6.65. The molecule has 1 aliphatic rings. The lowest BCUT2D eigenvalue weighted by atomic mass is 9.88. The molecule has 250 valence electrons. The molecule has 3 atom stereocenters. The van der Waals surface area contributed by atoms with Crippen LogP contribution in [-0.2, 0) is 16.0 Å². The van der Waals surface area contributed by atoms with Gasteiger partial charge >= 0.3 is 18.2 Å². The first kappa shape index (κ1) is 35.2. The lowest BCUT2D eigenvalue weighted by Crippen LogP contribution is -2.54. The van der Waals surface area contributed by atoms with Gasteiger partial charge in [0.1, 0.15) is 11.9 Å². The number of para-hydroxylation sites is 1. The number of amides is 3. The van der Waals surface area contributed by atoms with E-state index in [1.807, 2.05) is 63.6 Å². The molecule has 2 unspecified atom stereocenters. The highest BCUT2D eigenvalue weighted by Crippen LogP contribution is 2.35. The summed E-state index contributed by atoms with van der Waals surface area (Å²) < 4.78 is 45.1. The van der Waals surface area contributed by atoms with Crippen molar-refractivity contribution in [1.82, 2.24) is 15.2 Å². The molecule has 0 bridgehead atoms. The molecular formula is C33H34ClF4N5O4. The standard InChI is InChI=1S/C31H33ClFN5O2.C2HF3O2/c1-19(26-16-34-27-7-5-4-6-25(26)27)29(36-31(40)35-24-11-9-23(33)10-12-24)30(39)38-18-20(17-37(2)3)14-21-15-22(32)8-13-28(21)38;3-2(4,5)1(6)7/h4-13,15-16,19-20,29,34H,14,17-18H2,1-3H3,(H2,35,36,40);(H,6,7)/t19?,20-,29?;/m1./s1. The third-order valence-corrected chi connectivity index (χ3v) is 7.92. The van der Waals surface area contributed by atoms with Crippen molar-refractivity contribution in [1.29, 1.82) is 0 Å². The SMILES string of the molecule is CC(c1c[nH]c2ccccc12)C(NC(=O)Nc1ccc(F)cc1)C(=O)N1C[C@@H](CN(C)C)Cc2cc(Cl)ccc21.O=C(O)C(F)(F)F. The number of alkyl halides is 3. The maximum absolute atomic E-state index is 14.5. The fourth-order valence-electron chi connectivity index (χ4n) is 5.62. The maximum atomic E-state index is 14.5. The van der Waals surface area contributed by atoms with Gasteiger partial charge in [-0.15, -0.1) is 0 Å². The van der Waals surface area contributed by atoms with Crippen molar-refractivity contribution in [3.8, 4) is 0 Å². The number of hydrogen-bond acceptors (Lipinski definition) is 4. The molecule has 47 heavy (non-hydrogen) atoms. The van der Waals surface area contributed by atoms with Gasteiger partial charge in [0, 0.05) is 52.5 Å². The van der Waals surface area contributed by atoms with Crippen LogP contribution in [0, 0.1) is 11.7 Å². The number of anilines is 2. The van der Waals surface area contributed by atoms with E-state index >= 15 is 0 Å². The summed E-state index contributed by atoms with van der Waals surface area (Å²) in [5, 5.41) is 14.4. The monoisotopic (exact) mass is 675 g/mol. The number of carboxylic acid groups (broad SMARTS) is 1. The zero-order valence-electron chi connectivity index (χ0n) is 25.7. The molecule has 4 N–H and O–H groups in total. The highest BCUT2D eigenvalue weighted by atomic mass is 35.5. The van der Waals surface area contributed by atoms with Gasteiger partial charge in [0.25, 0.3) is 0 Å². The first-order valence-corrected chi connectivity index (χ1v) is 15.0. The summed E-state index contributed by atoms with van der Waals surface area (Å²) in [6.45, 7) is 3.27. The molecule has 0 radical (unpaired) electrons. The predicted molar refractivity (Wildman–Crippen MR) is 172 cm³/mol. The Bertz CT molecular complexity index is 1730. The van der Waals surface area contributed by atoms with Crippen molar-refractivity contribution in [2.45, 2.75) is 31.5 Å². The van der Waals surface area contributed by atoms with E-state index in [1.165, 1.54) is 24.3 Å². The Balaban J connectivity index is 0.000000644.